The van der Waals surface area contributed by atoms with Gasteiger partial charge in [-0.25, -0.2) is 0 Å². The lowest BCUT2D eigenvalue weighted by Crippen LogP contribution is -2.51. The number of hydrogen-bond acceptors (Lipinski definition) is 4. The van der Waals surface area contributed by atoms with Crippen LogP contribution in [0.1, 0.15) is 16.2 Å². The molecule has 1 aliphatic heterocycles. The SMILES string of the molecule is O=C(CCc1cccs1)N1CCN(C(=O)Cc2cccs2)CC1. The second-order valence-electron chi connectivity index (χ2n) is 5.60. The molecule has 4 nitrogen and oxygen atoms in total. The van der Waals surface area contributed by atoms with E-state index in [4.69, 9.17) is 0 Å². The summed E-state index contributed by atoms with van der Waals surface area (Å²) in [6.45, 7) is 2.60. The summed E-state index contributed by atoms with van der Waals surface area (Å²) in [6.07, 6.45) is 1.85. The molecule has 122 valence electrons. The molecular formula is C17H20N2O2S2. The zero-order valence-electron chi connectivity index (χ0n) is 12.9. The highest BCUT2D eigenvalue weighted by Crippen LogP contribution is 2.14. The third-order valence-electron chi connectivity index (χ3n) is 4.06. The molecule has 1 saturated heterocycles. The van der Waals surface area contributed by atoms with Crippen LogP contribution >= 0.6 is 22.7 Å². The number of piperazine rings is 1. The lowest BCUT2D eigenvalue weighted by Gasteiger charge is -2.34. The predicted molar refractivity (Wildman–Crippen MR) is 93.8 cm³/mol. The number of rotatable bonds is 5. The standard InChI is InChI=1S/C17H20N2O2S2/c20-16(6-5-14-3-1-11-22-14)18-7-9-19(10-8-18)17(21)13-15-4-2-12-23-15/h1-4,11-12H,5-10,13H2. The fraction of sp³-hybridized carbons (Fsp3) is 0.412. The Morgan fingerprint density at radius 1 is 0.870 bits per heavy atom. The molecule has 2 amide bonds. The molecule has 3 heterocycles. The molecule has 2 aromatic rings. The third-order valence-corrected chi connectivity index (χ3v) is 5.87. The second kappa shape index (κ2) is 7.75. The van der Waals surface area contributed by atoms with Gasteiger partial charge in [-0.1, -0.05) is 12.1 Å². The topological polar surface area (TPSA) is 40.6 Å². The zero-order chi connectivity index (χ0) is 16.1. The van der Waals surface area contributed by atoms with Crippen molar-refractivity contribution in [3.63, 3.8) is 0 Å². The summed E-state index contributed by atoms with van der Waals surface area (Å²) in [5, 5.41) is 4.03. The van der Waals surface area contributed by atoms with Crippen LogP contribution in [0.5, 0.6) is 0 Å². The average Bonchev–Trinajstić information content (AvgIpc) is 3.26. The number of amides is 2. The van der Waals surface area contributed by atoms with Crippen LogP contribution in [0.15, 0.2) is 35.0 Å². The van der Waals surface area contributed by atoms with Gasteiger partial charge in [-0.15, -0.1) is 22.7 Å². The van der Waals surface area contributed by atoms with Crippen molar-refractivity contribution in [3.8, 4) is 0 Å². The van der Waals surface area contributed by atoms with E-state index in [1.165, 1.54) is 4.88 Å². The monoisotopic (exact) mass is 348 g/mol. The maximum Gasteiger partial charge on any atom is 0.227 e. The quantitative estimate of drug-likeness (QED) is 0.833. The highest BCUT2D eigenvalue weighted by molar-refractivity contribution is 7.10. The van der Waals surface area contributed by atoms with Gasteiger partial charge in [-0.05, 0) is 29.3 Å². The van der Waals surface area contributed by atoms with Crippen LogP contribution in [0.4, 0.5) is 0 Å². The number of nitrogens with zero attached hydrogens (tertiary/aromatic N) is 2. The van der Waals surface area contributed by atoms with Crippen molar-refractivity contribution < 1.29 is 9.59 Å². The van der Waals surface area contributed by atoms with Gasteiger partial charge in [0.1, 0.15) is 0 Å². The molecule has 0 aromatic carbocycles. The predicted octanol–water partition coefficient (Wildman–Crippen LogP) is 2.66. The van der Waals surface area contributed by atoms with Crippen LogP contribution in [0.3, 0.4) is 0 Å². The summed E-state index contributed by atoms with van der Waals surface area (Å²) in [5.41, 5.74) is 0. The van der Waals surface area contributed by atoms with Crippen LogP contribution in [0, 0.1) is 0 Å². The van der Waals surface area contributed by atoms with Gasteiger partial charge < -0.3 is 9.80 Å². The van der Waals surface area contributed by atoms with Gasteiger partial charge in [0.25, 0.3) is 0 Å². The lowest BCUT2D eigenvalue weighted by molar-refractivity contribution is -0.139. The molecule has 6 heteroatoms. The third kappa shape index (κ3) is 4.42. The van der Waals surface area contributed by atoms with Gasteiger partial charge in [-0.3, -0.25) is 9.59 Å². The molecule has 1 aliphatic rings. The molecule has 2 aromatic heterocycles. The minimum absolute atomic E-state index is 0.165. The molecule has 23 heavy (non-hydrogen) atoms. The van der Waals surface area contributed by atoms with E-state index >= 15 is 0 Å². The van der Waals surface area contributed by atoms with Crippen molar-refractivity contribution in [2.45, 2.75) is 19.3 Å². The van der Waals surface area contributed by atoms with Gasteiger partial charge in [0, 0.05) is 42.4 Å². The molecular weight excluding hydrogens is 328 g/mol. The fourth-order valence-electron chi connectivity index (χ4n) is 2.72. The summed E-state index contributed by atoms with van der Waals surface area (Å²) >= 11 is 3.31. The van der Waals surface area contributed by atoms with Crippen LogP contribution in [0.2, 0.25) is 0 Å². The molecule has 0 atom stereocenters. The minimum Gasteiger partial charge on any atom is -0.339 e. The highest BCUT2D eigenvalue weighted by atomic mass is 32.1. The van der Waals surface area contributed by atoms with E-state index in [-0.39, 0.29) is 11.8 Å². The van der Waals surface area contributed by atoms with Crippen molar-refractivity contribution >= 4 is 34.5 Å². The molecule has 0 unspecified atom stereocenters. The van der Waals surface area contributed by atoms with Crippen molar-refractivity contribution in [3.05, 3.63) is 44.8 Å². The van der Waals surface area contributed by atoms with E-state index < -0.39 is 0 Å². The molecule has 0 spiro atoms. The van der Waals surface area contributed by atoms with Crippen molar-refractivity contribution in [1.82, 2.24) is 9.80 Å². The number of hydrogen-bond donors (Lipinski definition) is 0. The lowest BCUT2D eigenvalue weighted by atomic mass is 10.2. The zero-order valence-corrected chi connectivity index (χ0v) is 14.6. The Labute approximate surface area is 144 Å². The first-order valence-electron chi connectivity index (χ1n) is 7.82. The Bertz CT molecular complexity index is 630. The van der Waals surface area contributed by atoms with E-state index in [1.807, 2.05) is 38.8 Å². The number of carbonyl (C=O) groups excluding carboxylic acids is 2. The Balaban J connectivity index is 1.42. The first-order valence-corrected chi connectivity index (χ1v) is 9.58. The maximum absolute atomic E-state index is 12.3. The number of aryl methyl sites for hydroxylation is 1. The second-order valence-corrected chi connectivity index (χ2v) is 7.66. The molecule has 3 rings (SSSR count). The van der Waals surface area contributed by atoms with Crippen molar-refractivity contribution in [1.29, 1.82) is 0 Å². The Hall–Kier alpha value is -1.66. The van der Waals surface area contributed by atoms with E-state index in [0.717, 1.165) is 11.3 Å². The molecule has 0 radical (unpaired) electrons. The Kier molecular flexibility index (Phi) is 5.46. The smallest absolute Gasteiger partial charge is 0.227 e. The summed E-state index contributed by atoms with van der Waals surface area (Å²) < 4.78 is 0. The first kappa shape index (κ1) is 16.2. The van der Waals surface area contributed by atoms with Gasteiger partial charge in [0.15, 0.2) is 0 Å². The largest absolute Gasteiger partial charge is 0.339 e. The first-order chi connectivity index (χ1) is 11.2. The normalized spacial score (nSPS) is 15.0. The van der Waals surface area contributed by atoms with E-state index in [9.17, 15) is 9.59 Å². The molecule has 0 aliphatic carbocycles. The van der Waals surface area contributed by atoms with Crippen LogP contribution in [0.25, 0.3) is 0 Å². The minimum atomic E-state index is 0.165. The summed E-state index contributed by atoms with van der Waals surface area (Å²) in [7, 11) is 0. The number of thiophene rings is 2. The van der Waals surface area contributed by atoms with Crippen LogP contribution < -0.4 is 0 Å². The van der Waals surface area contributed by atoms with E-state index in [0.29, 0.717) is 39.0 Å². The van der Waals surface area contributed by atoms with E-state index in [2.05, 4.69) is 6.07 Å². The molecule has 0 saturated carbocycles. The van der Waals surface area contributed by atoms with Gasteiger partial charge in [-0.2, -0.15) is 0 Å². The summed E-state index contributed by atoms with van der Waals surface area (Å²) in [6, 6.07) is 8.05. The van der Waals surface area contributed by atoms with Crippen LogP contribution in [-0.2, 0) is 22.4 Å². The fourth-order valence-corrected chi connectivity index (χ4v) is 4.13. The average molecular weight is 348 g/mol. The summed E-state index contributed by atoms with van der Waals surface area (Å²) in [5.74, 6) is 0.363. The highest BCUT2D eigenvalue weighted by Gasteiger charge is 2.24. The number of carbonyl (C=O) groups is 2. The maximum atomic E-state index is 12.3. The Morgan fingerprint density at radius 3 is 2.00 bits per heavy atom. The van der Waals surface area contributed by atoms with Crippen molar-refractivity contribution in [2.75, 3.05) is 26.2 Å². The molecule has 1 fully saturated rings. The van der Waals surface area contributed by atoms with Gasteiger partial charge in [0.05, 0.1) is 6.42 Å². The van der Waals surface area contributed by atoms with Crippen molar-refractivity contribution in [2.24, 2.45) is 0 Å². The van der Waals surface area contributed by atoms with E-state index in [1.54, 1.807) is 22.7 Å². The molecule has 0 bridgehead atoms. The van der Waals surface area contributed by atoms with Crippen LogP contribution in [-0.4, -0.2) is 47.8 Å². The summed E-state index contributed by atoms with van der Waals surface area (Å²) in [4.78, 5) is 30.6. The van der Waals surface area contributed by atoms with Gasteiger partial charge in [0.2, 0.25) is 11.8 Å². The molecule has 0 N–H and O–H groups in total. The Morgan fingerprint density at radius 2 is 1.43 bits per heavy atom. The van der Waals surface area contributed by atoms with Gasteiger partial charge >= 0.3 is 0 Å².